The largest absolute Gasteiger partial charge is 0.369 e. The molecule has 0 saturated heterocycles. The van der Waals surface area contributed by atoms with Crippen LogP contribution in [0.1, 0.15) is 18.1 Å². The Balaban J connectivity index is 1.90. The summed E-state index contributed by atoms with van der Waals surface area (Å²) in [4.78, 5) is 0. The summed E-state index contributed by atoms with van der Waals surface area (Å²) in [6.07, 6.45) is 1.99. The van der Waals surface area contributed by atoms with Gasteiger partial charge in [-0.2, -0.15) is 5.10 Å². The zero-order chi connectivity index (χ0) is 15.8. The van der Waals surface area contributed by atoms with E-state index in [1.165, 1.54) is 11.1 Å². The smallest absolute Gasteiger partial charge is 0.133 e. The zero-order valence-electron chi connectivity index (χ0n) is 13.0. The molecule has 4 rings (SSSR count). The van der Waals surface area contributed by atoms with Gasteiger partial charge in [0.2, 0.25) is 0 Å². The Hall–Kier alpha value is -2.26. The summed E-state index contributed by atoms with van der Waals surface area (Å²) in [6, 6.07) is 16.4. The molecule has 0 bridgehead atoms. The van der Waals surface area contributed by atoms with Crippen molar-refractivity contribution in [2.24, 2.45) is 0 Å². The summed E-state index contributed by atoms with van der Waals surface area (Å²) in [7, 11) is 0. The van der Waals surface area contributed by atoms with Crippen LogP contribution in [0, 0.1) is 0 Å². The number of para-hydroxylation sites is 1. The molecule has 0 spiro atoms. The summed E-state index contributed by atoms with van der Waals surface area (Å²) < 4.78 is 2.06. The van der Waals surface area contributed by atoms with E-state index in [4.69, 9.17) is 16.7 Å². The van der Waals surface area contributed by atoms with Crippen LogP contribution in [0.25, 0.3) is 16.9 Å². The highest BCUT2D eigenvalue weighted by Crippen LogP contribution is 2.35. The van der Waals surface area contributed by atoms with Gasteiger partial charge in [-0.05, 0) is 36.6 Å². The third-order valence-electron chi connectivity index (χ3n) is 4.37. The number of nitrogens with one attached hydrogen (secondary N) is 1. The van der Waals surface area contributed by atoms with Gasteiger partial charge < -0.3 is 5.32 Å². The molecule has 2 aromatic carbocycles. The summed E-state index contributed by atoms with van der Waals surface area (Å²) in [5.41, 5.74) is 5.91. The Labute approximate surface area is 140 Å². The number of hydrogen-bond donors (Lipinski definition) is 1. The predicted molar refractivity (Wildman–Crippen MR) is 95.6 cm³/mol. The highest BCUT2D eigenvalue weighted by atomic mass is 35.5. The van der Waals surface area contributed by atoms with Crippen molar-refractivity contribution in [1.82, 2.24) is 9.78 Å². The van der Waals surface area contributed by atoms with Gasteiger partial charge >= 0.3 is 0 Å². The molecular weight excluding hydrogens is 306 g/mol. The van der Waals surface area contributed by atoms with Crippen molar-refractivity contribution in [3.05, 3.63) is 64.7 Å². The lowest BCUT2D eigenvalue weighted by molar-refractivity contribution is 0.866. The second kappa shape index (κ2) is 5.74. The third-order valence-corrected chi connectivity index (χ3v) is 4.62. The molecule has 3 aromatic rings. The molecule has 1 aliphatic heterocycles. The van der Waals surface area contributed by atoms with E-state index in [-0.39, 0.29) is 0 Å². The van der Waals surface area contributed by atoms with Crippen LogP contribution >= 0.6 is 11.6 Å². The zero-order valence-corrected chi connectivity index (χ0v) is 13.8. The number of aromatic nitrogens is 2. The van der Waals surface area contributed by atoms with Gasteiger partial charge in [0.05, 0.1) is 11.4 Å². The molecule has 4 heteroatoms. The maximum absolute atomic E-state index is 6.02. The van der Waals surface area contributed by atoms with Crippen molar-refractivity contribution >= 4 is 17.4 Å². The Morgan fingerprint density at radius 3 is 2.70 bits per heavy atom. The number of aryl methyl sites for hydroxylation is 1. The average molecular weight is 324 g/mol. The van der Waals surface area contributed by atoms with Crippen LogP contribution in [0.2, 0.25) is 5.02 Å². The van der Waals surface area contributed by atoms with E-state index in [1.807, 2.05) is 24.3 Å². The number of halogens is 1. The van der Waals surface area contributed by atoms with Crippen LogP contribution in [0.5, 0.6) is 0 Å². The molecule has 0 saturated carbocycles. The average Bonchev–Trinajstić information content (AvgIpc) is 3.18. The van der Waals surface area contributed by atoms with Crippen molar-refractivity contribution in [3.63, 3.8) is 0 Å². The minimum Gasteiger partial charge on any atom is -0.369 e. The standard InChI is InChI=1S/C19H18ClN3/c1-2-13-5-3-4-6-17(13)23-19-16(11-12-21-19)18(22-23)14-7-9-15(20)10-8-14/h3-10,21H,2,11-12H2,1H3. The van der Waals surface area contributed by atoms with Crippen molar-refractivity contribution in [1.29, 1.82) is 0 Å². The topological polar surface area (TPSA) is 29.9 Å². The first-order valence-electron chi connectivity index (χ1n) is 7.98. The fraction of sp³-hybridized carbons (Fsp3) is 0.211. The quantitative estimate of drug-likeness (QED) is 0.755. The van der Waals surface area contributed by atoms with E-state index in [2.05, 4.69) is 41.2 Å². The molecule has 23 heavy (non-hydrogen) atoms. The molecule has 0 fully saturated rings. The Morgan fingerprint density at radius 2 is 1.91 bits per heavy atom. The first kappa shape index (κ1) is 14.3. The molecule has 0 unspecified atom stereocenters. The molecule has 1 aromatic heterocycles. The van der Waals surface area contributed by atoms with Gasteiger partial charge in [-0.3, -0.25) is 0 Å². The van der Waals surface area contributed by atoms with E-state index < -0.39 is 0 Å². The molecule has 0 aliphatic carbocycles. The number of hydrogen-bond acceptors (Lipinski definition) is 2. The summed E-state index contributed by atoms with van der Waals surface area (Å²) in [5, 5.41) is 9.17. The molecular formula is C19H18ClN3. The number of benzene rings is 2. The van der Waals surface area contributed by atoms with E-state index in [9.17, 15) is 0 Å². The van der Waals surface area contributed by atoms with Crippen LogP contribution in [-0.4, -0.2) is 16.3 Å². The monoisotopic (exact) mass is 323 g/mol. The van der Waals surface area contributed by atoms with Gasteiger partial charge in [0.15, 0.2) is 0 Å². The minimum atomic E-state index is 0.749. The van der Waals surface area contributed by atoms with Gasteiger partial charge in [0.25, 0.3) is 0 Å². The molecule has 1 N–H and O–H groups in total. The van der Waals surface area contributed by atoms with Crippen LogP contribution in [0.15, 0.2) is 48.5 Å². The number of nitrogens with zero attached hydrogens (tertiary/aromatic N) is 2. The maximum atomic E-state index is 6.02. The van der Waals surface area contributed by atoms with E-state index in [1.54, 1.807) is 0 Å². The van der Waals surface area contributed by atoms with Crippen molar-refractivity contribution in [2.45, 2.75) is 19.8 Å². The van der Waals surface area contributed by atoms with Gasteiger partial charge in [0.1, 0.15) is 5.82 Å². The molecule has 3 nitrogen and oxygen atoms in total. The minimum absolute atomic E-state index is 0.749. The summed E-state index contributed by atoms with van der Waals surface area (Å²) >= 11 is 6.02. The third kappa shape index (κ3) is 2.41. The van der Waals surface area contributed by atoms with E-state index >= 15 is 0 Å². The van der Waals surface area contributed by atoms with E-state index in [0.29, 0.717) is 0 Å². The lowest BCUT2D eigenvalue weighted by Crippen LogP contribution is -2.06. The number of rotatable bonds is 3. The molecule has 0 amide bonds. The van der Waals surface area contributed by atoms with Gasteiger partial charge in [-0.25, -0.2) is 4.68 Å². The SMILES string of the molecule is CCc1ccccc1-n1nc(-c2ccc(Cl)cc2)c2c1NCC2. The lowest BCUT2D eigenvalue weighted by atomic mass is 10.1. The number of anilines is 1. The van der Waals surface area contributed by atoms with Crippen molar-refractivity contribution in [3.8, 4) is 16.9 Å². The Kier molecular flexibility index (Phi) is 3.58. The normalized spacial score (nSPS) is 13.0. The first-order valence-corrected chi connectivity index (χ1v) is 8.35. The second-order valence-electron chi connectivity index (χ2n) is 5.75. The van der Waals surface area contributed by atoms with Gasteiger partial charge in [-0.15, -0.1) is 0 Å². The predicted octanol–water partition coefficient (Wildman–Crippen LogP) is 4.72. The van der Waals surface area contributed by atoms with Crippen molar-refractivity contribution < 1.29 is 0 Å². The van der Waals surface area contributed by atoms with Gasteiger partial charge in [-0.1, -0.05) is 48.9 Å². The molecule has 0 atom stereocenters. The summed E-state index contributed by atoms with van der Waals surface area (Å²) in [6.45, 7) is 3.14. The fourth-order valence-corrected chi connectivity index (χ4v) is 3.33. The Bertz CT molecular complexity index is 850. The first-order chi connectivity index (χ1) is 11.3. The van der Waals surface area contributed by atoms with Crippen LogP contribution < -0.4 is 5.32 Å². The van der Waals surface area contributed by atoms with Gasteiger partial charge in [0, 0.05) is 22.7 Å². The Morgan fingerprint density at radius 1 is 1.13 bits per heavy atom. The van der Waals surface area contributed by atoms with Crippen LogP contribution in [0.3, 0.4) is 0 Å². The molecule has 0 radical (unpaired) electrons. The van der Waals surface area contributed by atoms with Crippen LogP contribution in [-0.2, 0) is 12.8 Å². The maximum Gasteiger partial charge on any atom is 0.133 e. The summed E-state index contributed by atoms with van der Waals surface area (Å²) in [5.74, 6) is 1.12. The fourth-order valence-electron chi connectivity index (χ4n) is 3.21. The lowest BCUT2D eigenvalue weighted by Gasteiger charge is -2.10. The second-order valence-corrected chi connectivity index (χ2v) is 6.19. The van der Waals surface area contributed by atoms with Crippen LogP contribution in [0.4, 0.5) is 5.82 Å². The number of fused-ring (bicyclic) bond motifs is 1. The molecule has 116 valence electrons. The molecule has 1 aliphatic rings. The highest BCUT2D eigenvalue weighted by Gasteiger charge is 2.24. The van der Waals surface area contributed by atoms with E-state index in [0.717, 1.165) is 47.2 Å². The highest BCUT2D eigenvalue weighted by molar-refractivity contribution is 6.30. The molecule has 2 heterocycles. The van der Waals surface area contributed by atoms with Crippen molar-refractivity contribution in [2.75, 3.05) is 11.9 Å².